The van der Waals surface area contributed by atoms with Crippen LogP contribution in [0.2, 0.25) is 0 Å². The number of anilines is 1. The normalized spacial score (nSPS) is 17.1. The number of hydrogen-bond acceptors (Lipinski definition) is 5. The van der Waals surface area contributed by atoms with Gasteiger partial charge in [0.1, 0.15) is 17.8 Å². The van der Waals surface area contributed by atoms with Gasteiger partial charge in [-0.25, -0.2) is 0 Å². The number of amides is 2. The van der Waals surface area contributed by atoms with Crippen molar-refractivity contribution in [2.75, 3.05) is 12.0 Å². The van der Waals surface area contributed by atoms with Gasteiger partial charge in [-0.3, -0.25) is 9.59 Å². The quantitative estimate of drug-likeness (QED) is 0.425. The fraction of sp³-hybridized carbons (Fsp3) is 0.308. The van der Waals surface area contributed by atoms with Crippen molar-refractivity contribution in [3.63, 3.8) is 0 Å². The van der Waals surface area contributed by atoms with Gasteiger partial charge in [-0.1, -0.05) is 46.3 Å². The van der Waals surface area contributed by atoms with Gasteiger partial charge in [0.2, 0.25) is 11.8 Å². The summed E-state index contributed by atoms with van der Waals surface area (Å²) in [4.78, 5) is 28.1. The van der Waals surface area contributed by atoms with Crippen molar-refractivity contribution >= 4 is 56.6 Å². The molecule has 4 N–H and O–H groups in total. The number of rotatable bonds is 6. The van der Waals surface area contributed by atoms with E-state index in [9.17, 15) is 14.7 Å². The van der Waals surface area contributed by atoms with Crippen LogP contribution >= 0.6 is 28.3 Å². The summed E-state index contributed by atoms with van der Waals surface area (Å²) in [5.74, 6) is -0.0971. The maximum atomic E-state index is 13.8. The molecule has 1 unspecified atom stereocenters. The van der Waals surface area contributed by atoms with Crippen LogP contribution in [-0.2, 0) is 22.6 Å². The highest BCUT2D eigenvalue weighted by atomic mass is 79.9. The molecule has 4 rings (SSSR count). The van der Waals surface area contributed by atoms with E-state index < -0.39 is 24.1 Å². The average Bonchev–Trinajstić information content (AvgIpc) is 2.95. The lowest BCUT2D eigenvalue weighted by molar-refractivity contribution is -0.129. The smallest absolute Gasteiger partial charge is 0.249 e. The maximum absolute atomic E-state index is 13.8. The Labute approximate surface area is 219 Å². The Balaban J connectivity index is 0.00000342. The number of methoxy groups -OCH3 is 1. The lowest BCUT2D eigenvalue weighted by Crippen LogP contribution is -2.54. The Hall–Kier alpha value is -2.65. The van der Waals surface area contributed by atoms with Crippen molar-refractivity contribution < 1.29 is 19.4 Å². The number of nitrogens with one attached hydrogen (secondary N) is 1. The Morgan fingerprint density at radius 3 is 2.71 bits per heavy atom. The number of aliphatic hydroxyl groups excluding tert-OH is 1. The predicted molar refractivity (Wildman–Crippen MR) is 143 cm³/mol. The third kappa shape index (κ3) is 5.62. The van der Waals surface area contributed by atoms with E-state index in [4.69, 9.17) is 10.5 Å². The number of hydrogen-bond donors (Lipinski definition) is 3. The zero-order valence-corrected chi connectivity index (χ0v) is 21.9. The van der Waals surface area contributed by atoms with Gasteiger partial charge in [-0.2, -0.15) is 0 Å². The summed E-state index contributed by atoms with van der Waals surface area (Å²) in [6, 6.07) is 15.8. The number of aryl methyl sites for hydroxylation is 1. The van der Waals surface area contributed by atoms with Gasteiger partial charge >= 0.3 is 0 Å². The molecule has 3 aromatic carbocycles. The predicted octanol–water partition coefficient (Wildman–Crippen LogP) is 3.71. The molecule has 1 heterocycles. The molecule has 9 heteroatoms. The molecule has 1 aliphatic rings. The maximum Gasteiger partial charge on any atom is 0.249 e. The van der Waals surface area contributed by atoms with E-state index in [-0.39, 0.29) is 24.9 Å². The second-order valence-electron chi connectivity index (χ2n) is 8.53. The molecule has 0 saturated carbocycles. The molecule has 2 amide bonds. The number of halogens is 2. The molecular formula is C26H29BrClN3O4. The summed E-state index contributed by atoms with van der Waals surface area (Å²) < 4.78 is 6.63. The number of nitrogens with zero attached hydrogens (tertiary/aromatic N) is 1. The van der Waals surface area contributed by atoms with Crippen LogP contribution in [0, 0.1) is 0 Å². The van der Waals surface area contributed by atoms with Gasteiger partial charge in [0.05, 0.1) is 19.8 Å². The zero-order chi connectivity index (χ0) is 24.4. The highest BCUT2D eigenvalue weighted by molar-refractivity contribution is 9.10. The first-order chi connectivity index (χ1) is 16.3. The van der Waals surface area contributed by atoms with Gasteiger partial charge in [0, 0.05) is 15.7 Å². The molecule has 0 radical (unpaired) electrons. The molecule has 3 aromatic rings. The minimum absolute atomic E-state index is 0. The number of carbonyl (C=O) groups excluding carboxylic acids is 2. The van der Waals surface area contributed by atoms with Crippen molar-refractivity contribution in [2.24, 2.45) is 5.73 Å². The van der Waals surface area contributed by atoms with E-state index in [0.29, 0.717) is 18.6 Å². The van der Waals surface area contributed by atoms with Gasteiger partial charge in [0.25, 0.3) is 0 Å². The van der Waals surface area contributed by atoms with Crippen molar-refractivity contribution in [3.8, 4) is 5.75 Å². The van der Waals surface area contributed by atoms with Crippen LogP contribution in [0.25, 0.3) is 10.8 Å². The number of para-hydroxylation sites is 1. The highest BCUT2D eigenvalue weighted by Gasteiger charge is 2.33. The first-order valence-corrected chi connectivity index (χ1v) is 12.0. The van der Waals surface area contributed by atoms with Gasteiger partial charge in [0.15, 0.2) is 0 Å². The zero-order valence-electron chi connectivity index (χ0n) is 19.5. The van der Waals surface area contributed by atoms with Crippen LogP contribution in [0.3, 0.4) is 0 Å². The fourth-order valence-electron chi connectivity index (χ4n) is 4.36. The Morgan fingerprint density at radius 2 is 2.00 bits per heavy atom. The van der Waals surface area contributed by atoms with Gasteiger partial charge in [-0.15, -0.1) is 12.4 Å². The molecule has 186 valence electrons. The monoisotopic (exact) mass is 561 g/mol. The van der Waals surface area contributed by atoms with Gasteiger partial charge in [-0.05, 0) is 60.4 Å². The molecule has 3 atom stereocenters. The summed E-state index contributed by atoms with van der Waals surface area (Å²) in [7, 11) is 1.61. The summed E-state index contributed by atoms with van der Waals surface area (Å²) in [6.07, 6.45) is 0.0328. The molecule has 0 bridgehead atoms. The van der Waals surface area contributed by atoms with Crippen LogP contribution in [0.1, 0.15) is 24.5 Å². The minimum atomic E-state index is -1.11. The number of fused-ring (bicyclic) bond motifs is 2. The summed E-state index contributed by atoms with van der Waals surface area (Å²) in [5.41, 5.74) is 8.52. The minimum Gasteiger partial charge on any atom is -0.496 e. The van der Waals surface area contributed by atoms with Crippen LogP contribution in [-0.4, -0.2) is 42.2 Å². The fourth-order valence-corrected chi connectivity index (χ4v) is 4.74. The standard InChI is InChI=1S/C26H28BrN3O4.ClH/c1-15(31)24(28)25(32)29-21-11-7-16-5-3-4-6-22(16)30(26(21)33)14-20-19-10-9-18(27)13-17(19)8-12-23(20)34-2;/h3-6,8-10,12-13,15,21,24,31H,7,11,14,28H2,1-2H3,(H,29,32);1H/t15-,21?,24+;/m1./s1. The third-order valence-corrected chi connectivity index (χ3v) is 6.77. The SMILES string of the molecule is COc1ccc2cc(Br)ccc2c1CN1C(=O)C(NC(=O)[C@@H](N)[C@@H](C)O)CCc2ccccc21.Cl. The summed E-state index contributed by atoms with van der Waals surface area (Å²) in [5, 5.41) is 14.5. The first kappa shape index (κ1) is 26.9. The number of nitrogens with two attached hydrogens (primary N) is 1. The molecule has 0 spiro atoms. The number of benzene rings is 3. The van der Waals surface area contributed by atoms with E-state index in [2.05, 4.69) is 21.2 Å². The van der Waals surface area contributed by atoms with Crippen LogP contribution < -0.4 is 20.7 Å². The number of ether oxygens (including phenoxy) is 1. The average molecular weight is 563 g/mol. The highest BCUT2D eigenvalue weighted by Crippen LogP contribution is 2.35. The largest absolute Gasteiger partial charge is 0.496 e. The van der Waals surface area contributed by atoms with Crippen molar-refractivity contribution in [1.82, 2.24) is 5.32 Å². The lowest BCUT2D eigenvalue weighted by Gasteiger charge is -2.28. The lowest BCUT2D eigenvalue weighted by atomic mass is 10.0. The molecule has 0 fully saturated rings. The Morgan fingerprint density at radius 1 is 1.26 bits per heavy atom. The Kier molecular flexibility index (Phi) is 8.77. The Bertz CT molecular complexity index is 1240. The third-order valence-electron chi connectivity index (χ3n) is 6.27. The van der Waals surface area contributed by atoms with Crippen molar-refractivity contribution in [1.29, 1.82) is 0 Å². The summed E-state index contributed by atoms with van der Waals surface area (Å²) in [6.45, 7) is 1.72. The van der Waals surface area contributed by atoms with E-state index >= 15 is 0 Å². The topological polar surface area (TPSA) is 105 Å². The molecule has 0 aliphatic carbocycles. The molecule has 7 nitrogen and oxygen atoms in total. The molecule has 35 heavy (non-hydrogen) atoms. The van der Waals surface area contributed by atoms with Crippen molar-refractivity contribution in [2.45, 2.75) is 44.5 Å². The van der Waals surface area contributed by atoms with Crippen LogP contribution in [0.4, 0.5) is 5.69 Å². The molecule has 0 aromatic heterocycles. The number of aliphatic hydroxyl groups is 1. The van der Waals surface area contributed by atoms with E-state index in [1.807, 2.05) is 54.6 Å². The second-order valence-corrected chi connectivity index (χ2v) is 9.45. The van der Waals surface area contributed by atoms with Crippen LogP contribution in [0.5, 0.6) is 5.75 Å². The molecule has 1 aliphatic heterocycles. The van der Waals surface area contributed by atoms with E-state index in [0.717, 1.165) is 32.1 Å². The molecule has 0 saturated heterocycles. The van der Waals surface area contributed by atoms with Crippen molar-refractivity contribution in [3.05, 3.63) is 70.2 Å². The first-order valence-electron chi connectivity index (χ1n) is 11.2. The number of carbonyl (C=O) groups is 2. The van der Waals surface area contributed by atoms with Crippen LogP contribution in [0.15, 0.2) is 59.1 Å². The van der Waals surface area contributed by atoms with E-state index in [1.54, 1.807) is 12.0 Å². The summed E-state index contributed by atoms with van der Waals surface area (Å²) >= 11 is 3.52. The van der Waals surface area contributed by atoms with E-state index in [1.165, 1.54) is 6.92 Å². The molecular weight excluding hydrogens is 534 g/mol. The van der Waals surface area contributed by atoms with Gasteiger partial charge < -0.3 is 25.8 Å². The second kappa shape index (κ2) is 11.4.